The third kappa shape index (κ3) is 5.29. The molecule has 1 unspecified atom stereocenters. The molecule has 176 valence electrons. The molecule has 0 radical (unpaired) electrons. The molecule has 1 atom stereocenters. The Hall–Kier alpha value is -2.67. The lowest BCUT2D eigenvalue weighted by Gasteiger charge is -2.33. The number of aromatic nitrogens is 4. The van der Waals surface area contributed by atoms with Gasteiger partial charge in [-0.3, -0.25) is 4.52 Å². The van der Waals surface area contributed by atoms with E-state index >= 15 is 0 Å². The Morgan fingerprint density at radius 3 is 2.82 bits per heavy atom. The lowest BCUT2D eigenvalue weighted by molar-refractivity contribution is 0.0220. The molecule has 1 aliphatic heterocycles. The number of piperidine rings is 1. The molecule has 1 amide bonds. The van der Waals surface area contributed by atoms with Crippen LogP contribution >= 0.6 is 27.7 Å². The van der Waals surface area contributed by atoms with Gasteiger partial charge in [0.15, 0.2) is 10.7 Å². The van der Waals surface area contributed by atoms with Gasteiger partial charge in [0, 0.05) is 18.3 Å². The summed E-state index contributed by atoms with van der Waals surface area (Å²) in [6, 6.07) is 4.06. The highest BCUT2D eigenvalue weighted by molar-refractivity contribution is 9.10. The topological polar surface area (TPSA) is 116 Å². The summed E-state index contributed by atoms with van der Waals surface area (Å²) in [6.07, 6.45) is 1.28. The number of rotatable bonds is 4. The maximum absolute atomic E-state index is 13.7. The molecule has 1 aliphatic rings. The van der Waals surface area contributed by atoms with E-state index in [1.165, 1.54) is 30.0 Å². The first-order valence-corrected chi connectivity index (χ1v) is 11.8. The molecule has 4 rings (SSSR count). The lowest BCUT2D eigenvalue weighted by atomic mass is 10.1. The highest BCUT2D eigenvalue weighted by Gasteiger charge is 2.31. The van der Waals surface area contributed by atoms with E-state index in [0.717, 1.165) is 17.4 Å². The van der Waals surface area contributed by atoms with E-state index in [9.17, 15) is 14.0 Å². The molecular formula is C20H21BrFN5O5S. The maximum atomic E-state index is 13.7. The first kappa shape index (κ1) is 23.5. The molecular weight excluding hydrogens is 521 g/mol. The van der Waals surface area contributed by atoms with Crippen LogP contribution in [0, 0.1) is 5.82 Å². The van der Waals surface area contributed by atoms with Gasteiger partial charge >= 0.3 is 11.8 Å². The van der Waals surface area contributed by atoms with Crippen molar-refractivity contribution in [1.82, 2.24) is 24.9 Å². The van der Waals surface area contributed by atoms with E-state index in [4.69, 9.17) is 13.9 Å². The minimum Gasteiger partial charge on any atom is -0.444 e. The number of benzene rings is 1. The number of hydrogen-bond acceptors (Lipinski definition) is 9. The van der Waals surface area contributed by atoms with Crippen LogP contribution in [0.3, 0.4) is 0 Å². The Labute approximate surface area is 200 Å². The van der Waals surface area contributed by atoms with Gasteiger partial charge in [-0.2, -0.15) is 0 Å². The van der Waals surface area contributed by atoms with Crippen LogP contribution in [0.5, 0.6) is 0 Å². The van der Waals surface area contributed by atoms with Crippen LogP contribution in [0.4, 0.5) is 9.18 Å². The van der Waals surface area contributed by atoms with Crippen LogP contribution in [-0.4, -0.2) is 55.0 Å². The van der Waals surface area contributed by atoms with E-state index < -0.39 is 17.2 Å². The highest BCUT2D eigenvalue weighted by atomic mass is 79.9. The van der Waals surface area contributed by atoms with Crippen molar-refractivity contribution in [2.75, 3.05) is 13.1 Å². The van der Waals surface area contributed by atoms with E-state index in [-0.39, 0.29) is 27.3 Å². The number of hydrogen-bond donors (Lipinski definition) is 0. The van der Waals surface area contributed by atoms with Crippen LogP contribution in [-0.2, 0) is 4.74 Å². The second-order valence-electron chi connectivity index (χ2n) is 8.43. The zero-order valence-electron chi connectivity index (χ0n) is 18.1. The van der Waals surface area contributed by atoms with Gasteiger partial charge in [-0.1, -0.05) is 16.9 Å². The first-order chi connectivity index (χ1) is 15.6. The predicted octanol–water partition coefficient (Wildman–Crippen LogP) is 4.27. The Balaban J connectivity index is 1.57. The summed E-state index contributed by atoms with van der Waals surface area (Å²) < 4.78 is 30.3. The summed E-state index contributed by atoms with van der Waals surface area (Å²) in [5.74, 6) is -1.17. The smallest absolute Gasteiger partial charge is 0.444 e. The molecule has 3 aromatic rings. The number of amides is 1. The van der Waals surface area contributed by atoms with Gasteiger partial charge < -0.3 is 9.64 Å². The third-order valence-corrected chi connectivity index (χ3v) is 6.56. The third-order valence-electron chi connectivity index (χ3n) is 4.74. The molecule has 1 fully saturated rings. The number of ether oxygens (including phenoxy) is 1. The highest BCUT2D eigenvalue weighted by Crippen LogP contribution is 2.34. The summed E-state index contributed by atoms with van der Waals surface area (Å²) in [6.45, 7) is 6.54. The van der Waals surface area contributed by atoms with Crippen LogP contribution in [0.2, 0.25) is 0 Å². The average molecular weight is 542 g/mol. The Morgan fingerprint density at radius 1 is 1.30 bits per heavy atom. The zero-order valence-corrected chi connectivity index (χ0v) is 20.5. The molecule has 10 nitrogen and oxygen atoms in total. The largest absolute Gasteiger partial charge is 0.446 e. The van der Waals surface area contributed by atoms with Gasteiger partial charge in [0.25, 0.3) is 0 Å². The monoisotopic (exact) mass is 541 g/mol. The van der Waals surface area contributed by atoms with Gasteiger partial charge in [0.1, 0.15) is 11.4 Å². The van der Waals surface area contributed by atoms with Crippen LogP contribution in [0.15, 0.2) is 41.6 Å². The number of likely N-dealkylation sites (tertiary alicyclic amines) is 1. The van der Waals surface area contributed by atoms with Gasteiger partial charge in [-0.25, -0.2) is 23.2 Å². The van der Waals surface area contributed by atoms with E-state index in [1.54, 1.807) is 4.90 Å². The molecule has 13 heteroatoms. The molecule has 0 aliphatic carbocycles. The van der Waals surface area contributed by atoms with Crippen molar-refractivity contribution in [3.63, 3.8) is 0 Å². The van der Waals surface area contributed by atoms with Crippen LogP contribution < -0.4 is 5.76 Å². The molecule has 3 heterocycles. The van der Waals surface area contributed by atoms with Crippen molar-refractivity contribution >= 4 is 33.8 Å². The van der Waals surface area contributed by atoms with E-state index in [2.05, 4.69) is 31.4 Å². The predicted molar refractivity (Wildman–Crippen MR) is 120 cm³/mol. The Kier molecular flexibility index (Phi) is 6.61. The molecule has 1 saturated heterocycles. The fourth-order valence-corrected chi connectivity index (χ4v) is 4.87. The fourth-order valence-electron chi connectivity index (χ4n) is 3.33. The zero-order chi connectivity index (χ0) is 23.8. The van der Waals surface area contributed by atoms with Crippen molar-refractivity contribution in [3.05, 3.63) is 39.0 Å². The van der Waals surface area contributed by atoms with Crippen molar-refractivity contribution in [3.8, 4) is 17.2 Å². The van der Waals surface area contributed by atoms with E-state index in [1.807, 2.05) is 20.8 Å². The van der Waals surface area contributed by atoms with Crippen LogP contribution in [0.1, 0.15) is 33.6 Å². The summed E-state index contributed by atoms with van der Waals surface area (Å²) >= 11 is 4.48. The number of carbonyl (C=O) groups is 1. The van der Waals surface area contributed by atoms with Gasteiger partial charge in [0.2, 0.25) is 5.82 Å². The molecule has 0 bridgehead atoms. The standard InChI is InChI=1S/C20H21BrFN5O5S/c1-20(2,3)30-18(28)26-8-4-5-12(10-26)33-17-15(23-32-25-17)16-24-31-19(29)27(16)11-6-7-14(22)13(21)9-11/h6-7,9,12H,4-5,8,10H2,1-3H3. The first-order valence-electron chi connectivity index (χ1n) is 10.1. The van der Waals surface area contributed by atoms with Gasteiger partial charge in [-0.15, -0.1) is 0 Å². The lowest BCUT2D eigenvalue weighted by Crippen LogP contribution is -2.43. The second kappa shape index (κ2) is 9.29. The number of nitrogens with zero attached hydrogens (tertiary/aromatic N) is 5. The number of thioether (sulfide) groups is 1. The molecule has 0 saturated carbocycles. The maximum Gasteiger partial charge on any atom is 0.446 e. The van der Waals surface area contributed by atoms with Crippen molar-refractivity contribution < 1.29 is 23.1 Å². The van der Waals surface area contributed by atoms with Crippen molar-refractivity contribution in [2.45, 2.75) is 49.5 Å². The van der Waals surface area contributed by atoms with Crippen molar-refractivity contribution in [1.29, 1.82) is 0 Å². The quantitative estimate of drug-likeness (QED) is 0.477. The molecule has 1 aromatic carbocycles. The van der Waals surface area contributed by atoms with Crippen molar-refractivity contribution in [2.24, 2.45) is 0 Å². The van der Waals surface area contributed by atoms with E-state index in [0.29, 0.717) is 23.8 Å². The number of carbonyl (C=O) groups excluding carboxylic acids is 1. The molecule has 0 N–H and O–H groups in total. The average Bonchev–Trinajstić information content (AvgIpc) is 3.35. The fraction of sp³-hybridized carbons (Fsp3) is 0.450. The minimum absolute atomic E-state index is 0.00366. The van der Waals surface area contributed by atoms with Gasteiger partial charge in [0.05, 0.1) is 10.2 Å². The van der Waals surface area contributed by atoms with Crippen LogP contribution in [0.25, 0.3) is 17.2 Å². The SMILES string of the molecule is CC(C)(C)OC(=O)N1CCCC(Sc2nonc2-c2noc(=O)n2-c2ccc(F)c(Br)c2)C1. The van der Waals surface area contributed by atoms with Gasteiger partial charge in [-0.05, 0) is 78.1 Å². The second-order valence-corrected chi connectivity index (χ2v) is 10.6. The summed E-state index contributed by atoms with van der Waals surface area (Å²) in [5, 5.41) is 12.1. The summed E-state index contributed by atoms with van der Waals surface area (Å²) in [7, 11) is 0. The molecule has 2 aromatic heterocycles. The number of halogens is 2. The Bertz CT molecular complexity index is 1220. The summed E-state index contributed by atoms with van der Waals surface area (Å²) in [4.78, 5) is 26.5. The Morgan fingerprint density at radius 2 is 2.09 bits per heavy atom. The molecule has 0 spiro atoms. The minimum atomic E-state index is -0.767. The normalized spacial score (nSPS) is 16.8. The molecule has 33 heavy (non-hydrogen) atoms. The summed E-state index contributed by atoms with van der Waals surface area (Å²) in [5.41, 5.74) is -0.0373.